The summed E-state index contributed by atoms with van der Waals surface area (Å²) in [6.07, 6.45) is 4.50. The molecule has 4 heteroatoms. The Morgan fingerprint density at radius 2 is 1.91 bits per heavy atom. The number of pyridine rings is 1. The van der Waals surface area contributed by atoms with E-state index in [-0.39, 0.29) is 0 Å². The van der Waals surface area contributed by atoms with Gasteiger partial charge in [0, 0.05) is 24.8 Å². The van der Waals surface area contributed by atoms with Crippen LogP contribution in [0.3, 0.4) is 0 Å². The van der Waals surface area contributed by atoms with Crippen LogP contribution in [0.1, 0.15) is 25.3 Å². The lowest BCUT2D eigenvalue weighted by Crippen LogP contribution is -2.27. The van der Waals surface area contributed by atoms with Gasteiger partial charge in [-0.05, 0) is 61.6 Å². The van der Waals surface area contributed by atoms with Crippen LogP contribution >= 0.6 is 0 Å². The van der Waals surface area contributed by atoms with Crippen LogP contribution in [0.5, 0.6) is 17.4 Å². The average Bonchev–Trinajstić information content (AvgIpc) is 3.39. The fourth-order valence-corrected chi connectivity index (χ4v) is 2.42. The molecule has 1 saturated carbocycles. The molecule has 1 aliphatic rings. The van der Waals surface area contributed by atoms with Gasteiger partial charge in [-0.15, -0.1) is 0 Å². The van der Waals surface area contributed by atoms with Gasteiger partial charge < -0.3 is 14.8 Å². The topological polar surface area (TPSA) is 43.4 Å². The van der Waals surface area contributed by atoms with Crippen molar-refractivity contribution in [3.05, 3.63) is 48.2 Å². The van der Waals surface area contributed by atoms with Gasteiger partial charge in [-0.1, -0.05) is 0 Å². The highest BCUT2D eigenvalue weighted by Crippen LogP contribution is 2.32. The van der Waals surface area contributed by atoms with Crippen molar-refractivity contribution in [2.45, 2.75) is 32.4 Å². The minimum atomic E-state index is 0.583. The molecule has 1 atom stereocenters. The summed E-state index contributed by atoms with van der Waals surface area (Å²) in [7, 11) is 1.65. The molecule has 1 fully saturated rings. The third kappa shape index (κ3) is 3.98. The second kappa shape index (κ2) is 6.79. The van der Waals surface area contributed by atoms with Crippen molar-refractivity contribution in [1.29, 1.82) is 0 Å². The van der Waals surface area contributed by atoms with Crippen LogP contribution in [0.4, 0.5) is 0 Å². The Bertz CT molecular complexity index is 609. The number of methoxy groups -OCH3 is 1. The SMILES string of the molecule is COc1ccc(Oc2cc(CNC(C)C3CC3)ccn2)cc1. The normalized spacial score (nSPS) is 15.4. The molecule has 1 unspecified atom stereocenters. The Morgan fingerprint density at radius 1 is 1.18 bits per heavy atom. The van der Waals surface area contributed by atoms with E-state index in [9.17, 15) is 0 Å². The molecular formula is C18H22N2O2. The summed E-state index contributed by atoms with van der Waals surface area (Å²) in [6.45, 7) is 3.10. The van der Waals surface area contributed by atoms with Crippen molar-refractivity contribution in [2.24, 2.45) is 5.92 Å². The van der Waals surface area contributed by atoms with Crippen molar-refractivity contribution in [2.75, 3.05) is 7.11 Å². The van der Waals surface area contributed by atoms with Gasteiger partial charge in [0.25, 0.3) is 0 Å². The molecular weight excluding hydrogens is 276 g/mol. The van der Waals surface area contributed by atoms with Crippen LogP contribution in [-0.4, -0.2) is 18.1 Å². The van der Waals surface area contributed by atoms with E-state index >= 15 is 0 Å². The standard InChI is InChI=1S/C18H22N2O2/c1-13(15-3-4-15)20-12-14-9-10-19-18(11-14)22-17-7-5-16(21-2)6-8-17/h5-11,13,15,20H,3-4,12H2,1-2H3. The van der Waals surface area contributed by atoms with Gasteiger partial charge in [-0.2, -0.15) is 0 Å². The van der Waals surface area contributed by atoms with E-state index in [0.717, 1.165) is 24.0 Å². The number of aromatic nitrogens is 1. The van der Waals surface area contributed by atoms with Crippen molar-refractivity contribution in [1.82, 2.24) is 10.3 Å². The largest absolute Gasteiger partial charge is 0.497 e. The number of ether oxygens (including phenoxy) is 2. The van der Waals surface area contributed by atoms with Crippen molar-refractivity contribution in [3.63, 3.8) is 0 Å². The summed E-state index contributed by atoms with van der Waals surface area (Å²) in [5.74, 6) is 3.04. The third-order valence-corrected chi connectivity index (χ3v) is 4.04. The lowest BCUT2D eigenvalue weighted by atomic mass is 10.2. The molecule has 3 rings (SSSR count). The fourth-order valence-electron chi connectivity index (χ4n) is 2.42. The van der Waals surface area contributed by atoms with Crippen molar-refractivity contribution >= 4 is 0 Å². The molecule has 1 N–H and O–H groups in total. The number of benzene rings is 1. The van der Waals surface area contributed by atoms with E-state index < -0.39 is 0 Å². The first kappa shape index (κ1) is 14.9. The zero-order chi connectivity index (χ0) is 15.4. The maximum Gasteiger partial charge on any atom is 0.219 e. The number of nitrogens with zero attached hydrogens (tertiary/aromatic N) is 1. The van der Waals surface area contributed by atoms with Crippen LogP contribution in [-0.2, 0) is 6.54 Å². The molecule has 2 aromatic rings. The fraction of sp³-hybridized carbons (Fsp3) is 0.389. The molecule has 1 aliphatic carbocycles. The van der Waals surface area contributed by atoms with Gasteiger partial charge >= 0.3 is 0 Å². The van der Waals surface area contributed by atoms with Crippen LogP contribution in [0.25, 0.3) is 0 Å². The molecule has 0 saturated heterocycles. The molecule has 0 amide bonds. The van der Waals surface area contributed by atoms with Gasteiger partial charge in [-0.3, -0.25) is 0 Å². The Morgan fingerprint density at radius 3 is 2.59 bits per heavy atom. The molecule has 0 spiro atoms. The summed E-state index contributed by atoms with van der Waals surface area (Å²) < 4.78 is 10.9. The second-order valence-electron chi connectivity index (χ2n) is 5.79. The zero-order valence-corrected chi connectivity index (χ0v) is 13.1. The molecule has 116 valence electrons. The third-order valence-electron chi connectivity index (χ3n) is 4.04. The first-order chi connectivity index (χ1) is 10.7. The Balaban J connectivity index is 1.59. The van der Waals surface area contributed by atoms with E-state index in [2.05, 4.69) is 17.2 Å². The maximum atomic E-state index is 5.79. The van der Waals surface area contributed by atoms with Gasteiger partial charge in [0.1, 0.15) is 11.5 Å². The van der Waals surface area contributed by atoms with E-state index in [1.54, 1.807) is 13.3 Å². The van der Waals surface area contributed by atoms with Crippen molar-refractivity contribution in [3.8, 4) is 17.4 Å². The van der Waals surface area contributed by atoms with Gasteiger partial charge in [0.15, 0.2) is 0 Å². The number of hydrogen-bond donors (Lipinski definition) is 1. The second-order valence-corrected chi connectivity index (χ2v) is 5.79. The molecule has 1 aromatic heterocycles. The first-order valence-corrected chi connectivity index (χ1v) is 7.75. The lowest BCUT2D eigenvalue weighted by molar-refractivity contribution is 0.412. The Hall–Kier alpha value is -2.07. The summed E-state index contributed by atoms with van der Waals surface area (Å²) in [6, 6.07) is 12.1. The zero-order valence-electron chi connectivity index (χ0n) is 13.1. The van der Waals surface area contributed by atoms with E-state index in [0.29, 0.717) is 11.9 Å². The van der Waals surface area contributed by atoms with Crippen LogP contribution in [0.15, 0.2) is 42.6 Å². The van der Waals surface area contributed by atoms with Gasteiger partial charge in [0.05, 0.1) is 7.11 Å². The molecule has 1 heterocycles. The molecule has 22 heavy (non-hydrogen) atoms. The predicted octanol–water partition coefficient (Wildman–Crippen LogP) is 3.77. The highest BCUT2D eigenvalue weighted by atomic mass is 16.5. The molecule has 1 aromatic carbocycles. The van der Waals surface area contributed by atoms with E-state index in [1.807, 2.05) is 36.4 Å². The van der Waals surface area contributed by atoms with E-state index in [4.69, 9.17) is 9.47 Å². The molecule has 0 bridgehead atoms. The van der Waals surface area contributed by atoms with Crippen molar-refractivity contribution < 1.29 is 9.47 Å². The quantitative estimate of drug-likeness (QED) is 0.845. The Labute approximate surface area is 131 Å². The number of hydrogen-bond acceptors (Lipinski definition) is 4. The van der Waals surface area contributed by atoms with Gasteiger partial charge in [0.2, 0.25) is 5.88 Å². The predicted molar refractivity (Wildman–Crippen MR) is 86.3 cm³/mol. The monoisotopic (exact) mass is 298 g/mol. The summed E-state index contributed by atoms with van der Waals surface area (Å²) in [5, 5.41) is 3.57. The summed E-state index contributed by atoms with van der Waals surface area (Å²) in [4.78, 5) is 4.27. The number of nitrogens with one attached hydrogen (secondary N) is 1. The highest BCUT2D eigenvalue weighted by Gasteiger charge is 2.27. The minimum Gasteiger partial charge on any atom is -0.497 e. The Kier molecular flexibility index (Phi) is 4.59. The minimum absolute atomic E-state index is 0.583. The first-order valence-electron chi connectivity index (χ1n) is 7.75. The molecule has 0 aliphatic heterocycles. The van der Waals surface area contributed by atoms with Crippen LogP contribution in [0, 0.1) is 5.92 Å². The molecule has 0 radical (unpaired) electrons. The smallest absolute Gasteiger partial charge is 0.219 e. The summed E-state index contributed by atoms with van der Waals surface area (Å²) >= 11 is 0. The average molecular weight is 298 g/mol. The van der Waals surface area contributed by atoms with Gasteiger partial charge in [-0.25, -0.2) is 4.98 Å². The van der Waals surface area contributed by atoms with Crippen LogP contribution < -0.4 is 14.8 Å². The highest BCUT2D eigenvalue weighted by molar-refractivity contribution is 5.34. The summed E-state index contributed by atoms with van der Waals surface area (Å²) in [5.41, 5.74) is 1.19. The number of rotatable bonds is 7. The maximum absolute atomic E-state index is 5.79. The molecule has 4 nitrogen and oxygen atoms in total. The lowest BCUT2D eigenvalue weighted by Gasteiger charge is -2.13. The van der Waals surface area contributed by atoms with Crippen LogP contribution in [0.2, 0.25) is 0 Å². The van der Waals surface area contributed by atoms with E-state index in [1.165, 1.54) is 18.4 Å².